The van der Waals surface area contributed by atoms with E-state index in [1.165, 1.54) is 24.4 Å². The van der Waals surface area contributed by atoms with Crippen LogP contribution < -0.4 is 25.2 Å². The predicted molar refractivity (Wildman–Crippen MR) is 263 cm³/mol. The summed E-state index contributed by atoms with van der Waals surface area (Å²) < 4.78 is 69.9. The van der Waals surface area contributed by atoms with Gasteiger partial charge in [-0.25, -0.2) is 17.6 Å². The number of halogens is 4. The van der Waals surface area contributed by atoms with E-state index in [1.807, 2.05) is 18.2 Å². The first-order valence-corrected chi connectivity index (χ1v) is 26.0. The molecule has 3 aromatic carbocycles. The Balaban J connectivity index is 0.630. The molecule has 6 aliphatic heterocycles. The highest BCUT2D eigenvalue weighted by Crippen LogP contribution is 2.53. The van der Waals surface area contributed by atoms with Crippen molar-refractivity contribution in [2.45, 2.75) is 94.5 Å². The maximum absolute atomic E-state index is 17.0. The molecule has 5 aromatic rings. The van der Waals surface area contributed by atoms with Gasteiger partial charge in [-0.1, -0.05) is 6.07 Å². The Morgan fingerprint density at radius 2 is 1.56 bits per heavy atom. The van der Waals surface area contributed by atoms with Crippen LogP contribution in [0.4, 0.5) is 29.1 Å². The van der Waals surface area contributed by atoms with E-state index in [4.69, 9.17) is 9.72 Å². The highest BCUT2D eigenvalue weighted by molar-refractivity contribution is 6.05. The molecule has 2 saturated carbocycles. The van der Waals surface area contributed by atoms with Crippen molar-refractivity contribution >= 4 is 50.9 Å². The number of aromatic nitrogens is 3. The number of phenolic OH excluding ortho intramolecular Hbond substituents is 1. The van der Waals surface area contributed by atoms with Crippen LogP contribution in [0.15, 0.2) is 48.7 Å². The number of nitrogens with zero attached hydrogens (tertiary/aromatic N) is 8. The Bertz CT molecular complexity index is 3080. The second kappa shape index (κ2) is 17.5. The van der Waals surface area contributed by atoms with E-state index in [2.05, 4.69) is 40.2 Å². The fourth-order valence-electron chi connectivity index (χ4n) is 13.3. The van der Waals surface area contributed by atoms with Crippen molar-refractivity contribution in [2.75, 3.05) is 81.9 Å². The molecule has 2 bridgehead atoms. The Labute approximate surface area is 419 Å². The number of carbonyl (C=O) groups excluding carboxylic acids is 3. The van der Waals surface area contributed by atoms with Gasteiger partial charge in [-0.15, -0.1) is 0 Å². The molecule has 2 aromatic heterocycles. The number of benzene rings is 3. The van der Waals surface area contributed by atoms with Gasteiger partial charge in [0.25, 0.3) is 5.91 Å². The Kier molecular flexibility index (Phi) is 11.2. The van der Waals surface area contributed by atoms with E-state index < -0.39 is 35.1 Å². The first-order chi connectivity index (χ1) is 35.2. The minimum Gasteiger partial charge on any atom is -0.508 e. The maximum atomic E-state index is 17.0. The van der Waals surface area contributed by atoms with Gasteiger partial charge in [0, 0.05) is 124 Å². The lowest BCUT2D eigenvalue weighted by Gasteiger charge is -2.55. The fourth-order valence-corrected chi connectivity index (χ4v) is 13.3. The smallest absolute Gasteiger partial charge is 0.319 e. The number of rotatable bonds is 11. The van der Waals surface area contributed by atoms with Gasteiger partial charge in [-0.2, -0.15) is 9.97 Å². The summed E-state index contributed by atoms with van der Waals surface area (Å²) in [5.74, 6) is -3.78. The second-order valence-corrected chi connectivity index (χ2v) is 22.6. The number of piperazine rings is 2. The minimum absolute atomic E-state index is 0.0303. The lowest BCUT2D eigenvalue weighted by molar-refractivity contribution is -0.136. The highest BCUT2D eigenvalue weighted by atomic mass is 19.2. The van der Waals surface area contributed by atoms with Gasteiger partial charge in [-0.3, -0.25) is 29.6 Å². The van der Waals surface area contributed by atoms with Crippen LogP contribution in [0.3, 0.4) is 0 Å². The second-order valence-electron chi connectivity index (χ2n) is 22.6. The standard InChI is InChI=1S/C54H58F4N10O5/c55-40-6-1-31-20-36(69)21-38(43(31)44(40)56)46-45(57)47-39(22-59-46)48(67-24-33-2-3-34(25-67)60-33)63-51(62-47)73-30-53(9-10-53)28-65-26-52(27-65)11-13-54(58,14-12-52)29-64-15-17-66(18-16-64)35-4-5-37-32(19-35)23-68(50(37)72)41-7-8-42(70)61-49(41)71/h1,4-6,19-22,33-34,41,60,69H,2-3,7-18,23-30H2,(H,61,70,71)/t33?,34?,41-/m0/s1. The van der Waals surface area contributed by atoms with E-state index >= 15 is 13.2 Å². The lowest BCUT2D eigenvalue weighted by atomic mass is 9.64. The molecule has 5 saturated heterocycles. The number of ether oxygens (including phenoxy) is 1. The summed E-state index contributed by atoms with van der Waals surface area (Å²) in [6.45, 7) is 8.03. The third-order valence-corrected chi connectivity index (χ3v) is 17.5. The molecular weight excluding hydrogens is 945 g/mol. The van der Waals surface area contributed by atoms with Gasteiger partial charge < -0.3 is 34.8 Å². The van der Waals surface area contributed by atoms with Crippen molar-refractivity contribution in [3.8, 4) is 23.0 Å². The largest absolute Gasteiger partial charge is 0.508 e. The number of alkyl halides is 1. The van der Waals surface area contributed by atoms with Crippen LogP contribution in [0, 0.1) is 28.3 Å². The van der Waals surface area contributed by atoms with E-state index in [-0.39, 0.29) is 80.5 Å². The zero-order valence-corrected chi connectivity index (χ0v) is 40.6. The van der Waals surface area contributed by atoms with Crippen molar-refractivity contribution in [1.29, 1.82) is 0 Å². The third kappa shape index (κ3) is 8.48. The van der Waals surface area contributed by atoms with E-state index in [1.54, 1.807) is 4.90 Å². The third-order valence-electron chi connectivity index (χ3n) is 17.5. The first-order valence-electron chi connectivity index (χ1n) is 26.0. The number of amides is 3. The molecule has 8 aliphatic rings. The summed E-state index contributed by atoms with van der Waals surface area (Å²) in [4.78, 5) is 62.1. The number of pyridine rings is 1. The van der Waals surface area contributed by atoms with E-state index in [9.17, 15) is 23.9 Å². The van der Waals surface area contributed by atoms with Crippen LogP contribution in [0.5, 0.6) is 11.8 Å². The molecule has 1 spiro atoms. The fraction of sp³-hybridized carbons (Fsp3) is 0.519. The van der Waals surface area contributed by atoms with Gasteiger partial charge in [0.1, 0.15) is 34.5 Å². The van der Waals surface area contributed by atoms with Crippen molar-refractivity contribution in [2.24, 2.45) is 10.8 Å². The van der Waals surface area contributed by atoms with Crippen LogP contribution in [0.25, 0.3) is 32.9 Å². The molecule has 3 atom stereocenters. The highest BCUT2D eigenvalue weighted by Gasteiger charge is 2.54. The Hall–Kier alpha value is -6.18. The monoisotopic (exact) mass is 1000 g/mol. The summed E-state index contributed by atoms with van der Waals surface area (Å²) >= 11 is 0. The molecule has 3 N–H and O–H groups in total. The summed E-state index contributed by atoms with van der Waals surface area (Å²) in [7, 11) is 0. The number of piperidine rings is 1. The van der Waals surface area contributed by atoms with Crippen molar-refractivity contribution < 1.29 is 41.8 Å². The molecule has 73 heavy (non-hydrogen) atoms. The molecule has 7 fully saturated rings. The average Bonchev–Trinajstić information content (AvgIpc) is 3.95. The molecule has 0 radical (unpaired) electrons. The Morgan fingerprint density at radius 3 is 2.30 bits per heavy atom. The quantitative estimate of drug-likeness (QED) is 0.101. The summed E-state index contributed by atoms with van der Waals surface area (Å²) in [6, 6.07) is 10.5. The van der Waals surface area contributed by atoms with Gasteiger partial charge in [0.2, 0.25) is 11.8 Å². The van der Waals surface area contributed by atoms with Crippen molar-refractivity contribution in [1.82, 2.24) is 40.3 Å². The number of likely N-dealkylation sites (tertiary alicyclic amines) is 1. The van der Waals surface area contributed by atoms with Crippen LogP contribution in [-0.2, 0) is 16.1 Å². The zero-order chi connectivity index (χ0) is 50.0. The lowest BCUT2D eigenvalue weighted by Crippen LogP contribution is -2.61. The molecule has 19 heteroatoms. The minimum atomic E-state index is -1.24. The molecule has 3 amide bonds. The van der Waals surface area contributed by atoms with Crippen molar-refractivity contribution in [3.05, 3.63) is 77.2 Å². The molecule has 382 valence electrons. The normalized spacial score (nSPS) is 25.4. The number of phenols is 1. The van der Waals surface area contributed by atoms with Crippen molar-refractivity contribution in [3.63, 3.8) is 0 Å². The number of anilines is 2. The molecule has 8 heterocycles. The van der Waals surface area contributed by atoms with Gasteiger partial charge in [0.05, 0.1) is 12.0 Å². The number of hydrogen-bond acceptors (Lipinski definition) is 13. The predicted octanol–water partition coefficient (Wildman–Crippen LogP) is 6.24. The van der Waals surface area contributed by atoms with Crippen LogP contribution in [0.2, 0.25) is 0 Å². The van der Waals surface area contributed by atoms with Crippen LogP contribution >= 0.6 is 0 Å². The number of nitrogens with one attached hydrogen (secondary N) is 2. The molecule has 13 rings (SSSR count). The van der Waals surface area contributed by atoms with E-state index in [0.29, 0.717) is 68.8 Å². The maximum Gasteiger partial charge on any atom is 0.319 e. The van der Waals surface area contributed by atoms with Gasteiger partial charge in [0.15, 0.2) is 17.5 Å². The average molecular weight is 1000 g/mol. The number of hydrogen-bond donors (Lipinski definition) is 3. The number of aromatic hydroxyl groups is 1. The number of carbonyl (C=O) groups is 3. The molecule has 2 unspecified atom stereocenters. The Morgan fingerprint density at radius 1 is 0.795 bits per heavy atom. The summed E-state index contributed by atoms with van der Waals surface area (Å²) in [5, 5.41) is 16.9. The first kappa shape index (κ1) is 46.6. The summed E-state index contributed by atoms with van der Waals surface area (Å²) in [5.41, 5.74) is 0.795. The van der Waals surface area contributed by atoms with Crippen LogP contribution in [0.1, 0.15) is 80.1 Å². The number of fused-ring (bicyclic) bond motifs is 5. The number of imide groups is 1. The van der Waals surface area contributed by atoms with E-state index in [0.717, 1.165) is 102 Å². The molecule has 15 nitrogen and oxygen atoms in total. The SMILES string of the molecule is O=C1CC[C@H](N2Cc3cc(N4CCN(CC5(F)CCC6(CC5)CN(CC5(COc7nc(N8CC9CCC(C8)N9)c8cnc(-c9cc(O)cc%10ccc(F)c(F)c9%10)c(F)c8n7)CC5)C6)CC4)ccc3C2=O)C(=O)N1. The van der Waals surface area contributed by atoms with Gasteiger partial charge >= 0.3 is 6.01 Å². The van der Waals surface area contributed by atoms with Crippen LogP contribution in [-0.4, -0.2) is 148 Å². The van der Waals surface area contributed by atoms with Gasteiger partial charge in [-0.05, 0) is 111 Å². The molecule has 2 aliphatic carbocycles. The molecular formula is C54H58F4N10O5. The summed E-state index contributed by atoms with van der Waals surface area (Å²) in [6.07, 6.45) is 8.74. The zero-order valence-electron chi connectivity index (χ0n) is 40.6. The topological polar surface area (TPSA) is 160 Å².